The molecule has 126 valence electrons. The summed E-state index contributed by atoms with van der Waals surface area (Å²) in [5, 5.41) is 0. The molecule has 6 heteroatoms. The summed E-state index contributed by atoms with van der Waals surface area (Å²) in [5.41, 5.74) is 8.92. The Morgan fingerprint density at radius 1 is 1.25 bits per heavy atom. The van der Waals surface area contributed by atoms with Crippen molar-refractivity contribution in [3.8, 4) is 11.3 Å². The fraction of sp³-hybridized carbons (Fsp3) is 0.556. The average Bonchev–Trinajstić information content (AvgIpc) is 3.26. The molecule has 5 rings (SSSR count). The maximum absolute atomic E-state index is 5.85. The van der Waals surface area contributed by atoms with E-state index >= 15 is 0 Å². The molecule has 0 amide bonds. The molecule has 1 aliphatic carbocycles. The molecule has 2 N–H and O–H groups in total. The minimum Gasteiger partial charge on any atom is -0.383 e. The molecule has 0 radical (unpaired) electrons. The molecule has 2 fully saturated rings. The molecule has 0 bridgehead atoms. The second-order valence-electron chi connectivity index (χ2n) is 7.32. The number of nitrogen functional groups attached to an aromatic ring is 1. The van der Waals surface area contributed by atoms with Crippen LogP contribution in [0.4, 0.5) is 5.82 Å². The number of hydrogen-bond acceptors (Lipinski definition) is 5. The van der Waals surface area contributed by atoms with Crippen molar-refractivity contribution in [1.82, 2.24) is 19.4 Å². The summed E-state index contributed by atoms with van der Waals surface area (Å²) in [6, 6.07) is 3.11. The van der Waals surface area contributed by atoms with Crippen LogP contribution in [0, 0.1) is 12.8 Å². The molecular weight excluding hydrogens is 302 g/mol. The highest BCUT2D eigenvalue weighted by molar-refractivity contribution is 5.61. The predicted molar refractivity (Wildman–Crippen MR) is 91.4 cm³/mol. The van der Waals surface area contributed by atoms with Crippen LogP contribution in [0.1, 0.15) is 30.3 Å². The molecule has 1 saturated heterocycles. The van der Waals surface area contributed by atoms with Gasteiger partial charge in [-0.25, -0.2) is 9.97 Å². The van der Waals surface area contributed by atoms with Crippen LogP contribution in [0.15, 0.2) is 18.5 Å². The third-order valence-electron chi connectivity index (χ3n) is 5.60. The lowest BCUT2D eigenvalue weighted by Gasteiger charge is -2.44. The SMILES string of the molecule is Cc1cc(-c2cn3c(n2)C(C2CC2)N(C2COC2)CC3)cnc1N. The number of nitrogens with zero attached hydrogens (tertiary/aromatic N) is 4. The van der Waals surface area contributed by atoms with Gasteiger partial charge in [-0.15, -0.1) is 0 Å². The number of anilines is 1. The van der Waals surface area contributed by atoms with Crippen LogP contribution in [-0.4, -0.2) is 45.2 Å². The molecule has 3 aliphatic rings. The van der Waals surface area contributed by atoms with E-state index < -0.39 is 0 Å². The number of aryl methyl sites for hydroxylation is 1. The van der Waals surface area contributed by atoms with Gasteiger partial charge in [-0.3, -0.25) is 4.90 Å². The van der Waals surface area contributed by atoms with E-state index in [9.17, 15) is 0 Å². The summed E-state index contributed by atoms with van der Waals surface area (Å²) in [6.07, 6.45) is 6.66. The standard InChI is InChI=1S/C18H23N5O/c1-11-6-13(7-20-17(11)19)15-8-22-4-5-23(14-9-24-10-14)16(12-2-3-12)18(22)21-15/h6-8,12,14,16H,2-5,9-10H2,1H3,(H2,19,20). The van der Waals surface area contributed by atoms with Gasteiger partial charge in [-0.2, -0.15) is 0 Å². The molecule has 2 aromatic heterocycles. The van der Waals surface area contributed by atoms with Gasteiger partial charge in [0.1, 0.15) is 11.6 Å². The Labute approximate surface area is 141 Å². The van der Waals surface area contributed by atoms with E-state index in [1.165, 1.54) is 18.7 Å². The smallest absolute Gasteiger partial charge is 0.127 e. The molecule has 1 atom stereocenters. The van der Waals surface area contributed by atoms with E-state index in [4.69, 9.17) is 15.5 Å². The van der Waals surface area contributed by atoms with E-state index in [-0.39, 0.29) is 0 Å². The fourth-order valence-electron chi connectivity index (χ4n) is 3.94. The number of aromatic nitrogens is 3. The zero-order valence-corrected chi connectivity index (χ0v) is 14.0. The number of hydrogen-bond donors (Lipinski definition) is 1. The Morgan fingerprint density at radius 2 is 2.08 bits per heavy atom. The van der Waals surface area contributed by atoms with Gasteiger partial charge in [0.05, 0.1) is 31.0 Å². The van der Waals surface area contributed by atoms with Crippen LogP contribution in [0.5, 0.6) is 0 Å². The monoisotopic (exact) mass is 325 g/mol. The van der Waals surface area contributed by atoms with Gasteiger partial charge in [0.15, 0.2) is 0 Å². The van der Waals surface area contributed by atoms with E-state index in [1.807, 2.05) is 13.1 Å². The molecule has 0 aromatic carbocycles. The molecular formula is C18H23N5O. The first-order chi connectivity index (χ1) is 11.7. The number of pyridine rings is 1. The third kappa shape index (κ3) is 2.24. The summed E-state index contributed by atoms with van der Waals surface area (Å²) in [4.78, 5) is 12.0. The van der Waals surface area contributed by atoms with Crippen molar-refractivity contribution in [2.45, 2.75) is 38.4 Å². The summed E-state index contributed by atoms with van der Waals surface area (Å²) >= 11 is 0. The highest BCUT2D eigenvalue weighted by Gasteiger charge is 2.45. The van der Waals surface area contributed by atoms with Crippen molar-refractivity contribution in [3.05, 3.63) is 29.8 Å². The summed E-state index contributed by atoms with van der Waals surface area (Å²) in [6.45, 7) is 5.84. The van der Waals surface area contributed by atoms with Crippen molar-refractivity contribution in [1.29, 1.82) is 0 Å². The summed E-state index contributed by atoms with van der Waals surface area (Å²) < 4.78 is 7.78. The summed E-state index contributed by atoms with van der Waals surface area (Å²) in [7, 11) is 0. The van der Waals surface area contributed by atoms with Gasteiger partial charge in [0, 0.05) is 31.0 Å². The Kier molecular flexibility index (Phi) is 3.18. The lowest BCUT2D eigenvalue weighted by atomic mass is 10.0. The summed E-state index contributed by atoms with van der Waals surface area (Å²) in [5.74, 6) is 2.57. The van der Waals surface area contributed by atoms with E-state index in [0.29, 0.717) is 17.9 Å². The van der Waals surface area contributed by atoms with Gasteiger partial charge in [0.2, 0.25) is 0 Å². The first-order valence-corrected chi connectivity index (χ1v) is 8.84. The van der Waals surface area contributed by atoms with Crippen molar-refractivity contribution in [2.24, 2.45) is 5.92 Å². The largest absolute Gasteiger partial charge is 0.383 e. The minimum absolute atomic E-state index is 0.448. The predicted octanol–water partition coefficient (Wildman–Crippen LogP) is 2.00. The van der Waals surface area contributed by atoms with Gasteiger partial charge < -0.3 is 15.0 Å². The molecule has 2 aliphatic heterocycles. The van der Waals surface area contributed by atoms with Gasteiger partial charge in [0.25, 0.3) is 0 Å². The van der Waals surface area contributed by atoms with Crippen LogP contribution in [-0.2, 0) is 11.3 Å². The molecule has 1 saturated carbocycles. The van der Waals surface area contributed by atoms with Crippen LogP contribution in [0.2, 0.25) is 0 Å². The normalized spacial score (nSPS) is 24.6. The number of ether oxygens (including phenoxy) is 1. The van der Waals surface area contributed by atoms with Crippen molar-refractivity contribution in [2.75, 3.05) is 25.5 Å². The van der Waals surface area contributed by atoms with E-state index in [0.717, 1.165) is 49.0 Å². The Bertz CT molecular complexity index is 778. The number of rotatable bonds is 3. The first-order valence-electron chi connectivity index (χ1n) is 8.84. The lowest BCUT2D eigenvalue weighted by Crippen LogP contribution is -2.54. The maximum atomic E-state index is 5.85. The number of imidazole rings is 1. The van der Waals surface area contributed by atoms with E-state index in [1.54, 1.807) is 0 Å². The molecule has 24 heavy (non-hydrogen) atoms. The molecule has 4 heterocycles. The number of nitrogens with two attached hydrogens (primary N) is 1. The average molecular weight is 325 g/mol. The minimum atomic E-state index is 0.448. The van der Waals surface area contributed by atoms with Crippen LogP contribution in [0.25, 0.3) is 11.3 Å². The van der Waals surface area contributed by atoms with E-state index in [2.05, 4.69) is 26.7 Å². The maximum Gasteiger partial charge on any atom is 0.127 e. The van der Waals surface area contributed by atoms with Crippen LogP contribution >= 0.6 is 0 Å². The lowest BCUT2D eigenvalue weighted by molar-refractivity contribution is -0.0909. The second-order valence-corrected chi connectivity index (χ2v) is 7.32. The Balaban J connectivity index is 1.52. The third-order valence-corrected chi connectivity index (χ3v) is 5.60. The second kappa shape index (κ2) is 5.29. The topological polar surface area (TPSA) is 69.2 Å². The quantitative estimate of drug-likeness (QED) is 0.935. The highest BCUT2D eigenvalue weighted by Crippen LogP contribution is 2.47. The van der Waals surface area contributed by atoms with Crippen LogP contribution < -0.4 is 5.73 Å². The Morgan fingerprint density at radius 3 is 2.75 bits per heavy atom. The van der Waals surface area contributed by atoms with Crippen molar-refractivity contribution in [3.63, 3.8) is 0 Å². The zero-order chi connectivity index (χ0) is 16.3. The van der Waals surface area contributed by atoms with Crippen molar-refractivity contribution < 1.29 is 4.74 Å². The van der Waals surface area contributed by atoms with Gasteiger partial charge in [-0.1, -0.05) is 0 Å². The van der Waals surface area contributed by atoms with Crippen LogP contribution in [0.3, 0.4) is 0 Å². The molecule has 6 nitrogen and oxygen atoms in total. The van der Waals surface area contributed by atoms with Gasteiger partial charge in [-0.05, 0) is 37.3 Å². The fourth-order valence-corrected chi connectivity index (χ4v) is 3.94. The molecule has 0 spiro atoms. The van der Waals surface area contributed by atoms with Crippen molar-refractivity contribution >= 4 is 5.82 Å². The first kappa shape index (κ1) is 14.4. The number of fused-ring (bicyclic) bond motifs is 1. The highest BCUT2D eigenvalue weighted by atomic mass is 16.5. The zero-order valence-electron chi connectivity index (χ0n) is 14.0. The van der Waals surface area contributed by atoms with Gasteiger partial charge >= 0.3 is 0 Å². The molecule has 1 unspecified atom stereocenters. The Hall–Kier alpha value is -1.92. The molecule has 2 aromatic rings.